The van der Waals surface area contributed by atoms with Crippen LogP contribution in [0.4, 0.5) is 8.78 Å². The van der Waals surface area contributed by atoms with Crippen LogP contribution in [0.25, 0.3) is 0 Å². The zero-order chi connectivity index (χ0) is 31.4. The Hall–Kier alpha value is -4.13. The molecular weight excluding hydrogens is 550 g/mol. The highest BCUT2D eigenvalue weighted by atomic mass is 19.1. The molecule has 2 atom stereocenters. The molecule has 43 heavy (non-hydrogen) atoms. The number of ether oxygens (including phenoxy) is 1. The van der Waals surface area contributed by atoms with Crippen molar-refractivity contribution in [2.45, 2.75) is 58.7 Å². The molecule has 0 aliphatic rings. The van der Waals surface area contributed by atoms with Gasteiger partial charge in [-0.15, -0.1) is 0 Å². The molecule has 0 aliphatic heterocycles. The third-order valence-electron chi connectivity index (χ3n) is 6.95. The van der Waals surface area contributed by atoms with Gasteiger partial charge in [0.05, 0.1) is 18.2 Å². The minimum absolute atomic E-state index is 0.0267. The molecule has 3 rings (SSSR count). The highest BCUT2D eigenvalue weighted by Crippen LogP contribution is 2.18. The van der Waals surface area contributed by atoms with Crippen LogP contribution < -0.4 is 5.73 Å². The van der Waals surface area contributed by atoms with Gasteiger partial charge >= 0.3 is 5.97 Å². The number of carbonyl (C=O) groups is 2. The van der Waals surface area contributed by atoms with Crippen LogP contribution in [0.5, 0.6) is 0 Å². The van der Waals surface area contributed by atoms with E-state index >= 15 is 0 Å². The van der Waals surface area contributed by atoms with Gasteiger partial charge in [0.1, 0.15) is 17.7 Å². The smallest absolute Gasteiger partial charge is 0.338 e. The van der Waals surface area contributed by atoms with E-state index in [1.807, 2.05) is 44.2 Å². The summed E-state index contributed by atoms with van der Waals surface area (Å²) in [6.45, 7) is 7.56. The molecular formula is C34H40F2N4O3. The van der Waals surface area contributed by atoms with Gasteiger partial charge in [0.2, 0.25) is 0 Å². The molecule has 0 aliphatic carbocycles. The van der Waals surface area contributed by atoms with Gasteiger partial charge in [-0.2, -0.15) is 5.26 Å². The average molecular weight is 591 g/mol. The fraction of sp³-hybridized carbons (Fsp3) is 0.382. The van der Waals surface area contributed by atoms with E-state index in [9.17, 15) is 23.6 Å². The van der Waals surface area contributed by atoms with Gasteiger partial charge in [-0.1, -0.05) is 44.2 Å². The lowest BCUT2D eigenvalue weighted by molar-refractivity contribution is 0.0131. The first-order chi connectivity index (χ1) is 20.6. The lowest BCUT2D eigenvalue weighted by Gasteiger charge is -2.30. The van der Waals surface area contributed by atoms with Crippen LogP contribution in [0.2, 0.25) is 0 Å². The zero-order valence-corrected chi connectivity index (χ0v) is 25.1. The van der Waals surface area contributed by atoms with Crippen molar-refractivity contribution >= 4 is 11.9 Å². The Morgan fingerprint density at radius 1 is 0.930 bits per heavy atom. The van der Waals surface area contributed by atoms with Crippen LogP contribution in [-0.4, -0.2) is 60.0 Å². The molecule has 0 heterocycles. The van der Waals surface area contributed by atoms with Crippen molar-refractivity contribution in [3.8, 4) is 6.07 Å². The highest BCUT2D eigenvalue weighted by molar-refractivity contribution is 5.98. The minimum Gasteiger partial charge on any atom is -0.456 e. The normalized spacial score (nSPS) is 12.4. The number of benzene rings is 3. The number of amides is 1. The van der Waals surface area contributed by atoms with Crippen molar-refractivity contribution in [2.75, 3.05) is 26.2 Å². The van der Waals surface area contributed by atoms with E-state index in [2.05, 4.69) is 6.07 Å². The van der Waals surface area contributed by atoms with Crippen molar-refractivity contribution in [2.24, 2.45) is 5.73 Å². The van der Waals surface area contributed by atoms with Crippen molar-refractivity contribution in [1.82, 2.24) is 9.80 Å². The Bertz CT molecular complexity index is 1380. The van der Waals surface area contributed by atoms with Gasteiger partial charge in [-0.25, -0.2) is 13.6 Å². The van der Waals surface area contributed by atoms with E-state index in [1.54, 1.807) is 28.9 Å². The summed E-state index contributed by atoms with van der Waals surface area (Å²) in [4.78, 5) is 30.4. The van der Waals surface area contributed by atoms with E-state index in [1.165, 1.54) is 18.2 Å². The van der Waals surface area contributed by atoms with Crippen molar-refractivity contribution in [3.63, 3.8) is 0 Å². The summed E-state index contributed by atoms with van der Waals surface area (Å²) in [7, 11) is 0. The number of halogens is 2. The Morgan fingerprint density at radius 3 is 2.16 bits per heavy atom. The number of hydrogen-bond donors (Lipinski definition) is 1. The fourth-order valence-electron chi connectivity index (χ4n) is 5.04. The Morgan fingerprint density at radius 2 is 1.56 bits per heavy atom. The molecule has 0 aromatic heterocycles. The topological polar surface area (TPSA) is 99.7 Å². The Balaban J connectivity index is 1.90. The van der Waals surface area contributed by atoms with Gasteiger partial charge < -0.3 is 15.4 Å². The lowest BCUT2D eigenvalue weighted by Crippen LogP contribution is -2.47. The summed E-state index contributed by atoms with van der Waals surface area (Å²) < 4.78 is 33.8. The van der Waals surface area contributed by atoms with Crippen LogP contribution in [0, 0.1) is 29.9 Å². The van der Waals surface area contributed by atoms with E-state index < -0.39 is 29.7 Å². The quantitative estimate of drug-likeness (QED) is 0.181. The van der Waals surface area contributed by atoms with Gasteiger partial charge in [0.15, 0.2) is 0 Å². The van der Waals surface area contributed by atoms with E-state index in [0.29, 0.717) is 30.8 Å². The lowest BCUT2D eigenvalue weighted by atomic mass is 10.0. The monoisotopic (exact) mass is 590 g/mol. The molecule has 9 heteroatoms. The number of carbonyl (C=O) groups excluding carboxylic acids is 2. The second-order valence-electron chi connectivity index (χ2n) is 10.8. The summed E-state index contributed by atoms with van der Waals surface area (Å²) in [5, 5.41) is 9.51. The third kappa shape index (κ3) is 10.3. The van der Waals surface area contributed by atoms with Crippen LogP contribution in [0.1, 0.15) is 64.1 Å². The number of nitrogens with two attached hydrogens (primary N) is 1. The predicted molar refractivity (Wildman–Crippen MR) is 162 cm³/mol. The fourth-order valence-corrected chi connectivity index (χ4v) is 5.04. The SMILES string of the molecule is CCCN(CCC)C(=O)c1cc(C)cc(C(=O)OC(CN(CC#N)Cc2ccccc2)C(N)Cc2cc(F)cc(F)c2)c1. The Labute approximate surface area is 252 Å². The van der Waals surface area contributed by atoms with Crippen molar-refractivity contribution in [1.29, 1.82) is 5.26 Å². The summed E-state index contributed by atoms with van der Waals surface area (Å²) in [6, 6.07) is 18.9. The maximum absolute atomic E-state index is 13.9. The standard InChI is InChI=1S/C34H40F2N4O3/c1-4-12-40(13-5-2)33(41)27-15-24(3)16-28(20-27)34(42)43-32(31(38)19-26-17-29(35)21-30(36)18-26)23-39(14-11-37)22-25-9-7-6-8-10-25/h6-10,15-18,20-21,31-32H,4-5,12-14,19,22-23,38H2,1-3H3. The summed E-state index contributed by atoms with van der Waals surface area (Å²) in [5.74, 6) is -2.31. The molecule has 0 spiro atoms. The van der Waals surface area contributed by atoms with E-state index in [0.717, 1.165) is 30.0 Å². The molecule has 1 amide bonds. The second kappa shape index (κ2) is 16.5. The number of hydrogen-bond acceptors (Lipinski definition) is 6. The molecule has 0 saturated carbocycles. The first-order valence-electron chi connectivity index (χ1n) is 14.6. The zero-order valence-electron chi connectivity index (χ0n) is 25.1. The molecule has 3 aromatic rings. The average Bonchev–Trinajstić information content (AvgIpc) is 2.96. The van der Waals surface area contributed by atoms with E-state index in [4.69, 9.17) is 10.5 Å². The largest absolute Gasteiger partial charge is 0.456 e. The molecule has 0 saturated heterocycles. The minimum atomic E-state index is -0.938. The molecule has 2 N–H and O–H groups in total. The summed E-state index contributed by atoms with van der Waals surface area (Å²) in [6.07, 6.45) is 0.707. The molecule has 0 radical (unpaired) electrons. The number of rotatable bonds is 15. The molecule has 3 aromatic carbocycles. The van der Waals surface area contributed by atoms with Crippen LogP contribution in [0.15, 0.2) is 66.7 Å². The van der Waals surface area contributed by atoms with Crippen molar-refractivity contribution < 1.29 is 23.1 Å². The molecule has 0 fully saturated rings. The third-order valence-corrected chi connectivity index (χ3v) is 6.95. The number of aryl methyl sites for hydroxylation is 1. The van der Waals surface area contributed by atoms with Crippen molar-refractivity contribution in [3.05, 3.63) is 106 Å². The van der Waals surface area contributed by atoms with Gasteiger partial charge in [0, 0.05) is 43.9 Å². The predicted octanol–water partition coefficient (Wildman–Crippen LogP) is 5.66. The molecule has 0 bridgehead atoms. The van der Waals surface area contributed by atoms with Gasteiger partial charge in [0.25, 0.3) is 5.91 Å². The van der Waals surface area contributed by atoms with Crippen LogP contribution in [-0.2, 0) is 17.7 Å². The molecule has 7 nitrogen and oxygen atoms in total. The van der Waals surface area contributed by atoms with E-state index in [-0.39, 0.29) is 31.0 Å². The van der Waals surface area contributed by atoms with Crippen LogP contribution >= 0.6 is 0 Å². The van der Waals surface area contributed by atoms with Gasteiger partial charge in [-0.05, 0) is 73.2 Å². The number of esters is 1. The summed E-state index contributed by atoms with van der Waals surface area (Å²) in [5.41, 5.74) is 9.11. The highest BCUT2D eigenvalue weighted by Gasteiger charge is 2.27. The number of nitrogens with zero attached hydrogens (tertiary/aromatic N) is 3. The first-order valence-corrected chi connectivity index (χ1v) is 14.6. The maximum Gasteiger partial charge on any atom is 0.338 e. The maximum atomic E-state index is 13.9. The molecule has 2 unspecified atom stereocenters. The Kier molecular flexibility index (Phi) is 12.8. The second-order valence-corrected chi connectivity index (χ2v) is 10.8. The number of nitriles is 1. The summed E-state index contributed by atoms with van der Waals surface area (Å²) >= 11 is 0. The first kappa shape index (κ1) is 33.4. The molecule has 228 valence electrons. The van der Waals surface area contributed by atoms with Crippen LogP contribution in [0.3, 0.4) is 0 Å². The van der Waals surface area contributed by atoms with Gasteiger partial charge in [-0.3, -0.25) is 9.69 Å².